The Morgan fingerprint density at radius 1 is 0.358 bits per heavy atom. The van der Waals surface area contributed by atoms with Gasteiger partial charge in [-0.3, -0.25) is 0 Å². The molecular formula is C51H38N2. The molecule has 252 valence electrons. The summed E-state index contributed by atoms with van der Waals surface area (Å²) >= 11 is 0. The molecule has 0 saturated heterocycles. The van der Waals surface area contributed by atoms with E-state index in [0.717, 1.165) is 22.7 Å². The van der Waals surface area contributed by atoms with E-state index in [9.17, 15) is 0 Å². The summed E-state index contributed by atoms with van der Waals surface area (Å²) in [4.78, 5) is 4.87. The molecule has 2 heteroatoms. The standard InChI is InChI=1S/C51H38N2/c1-51(2)47-32-40(52(37-20-8-4-9-21-37)39-24-16-19-36(31-39)35-17-6-3-7-18-35)29-30-49(47)53(38-22-10-5-11-23-38)50-34-46-44-28-15-13-26-42(44)41-25-12-14-27-43(41)45(46)33-48(50)51/h3-34H,1-2H3. The SMILES string of the molecule is CC1(C)c2cc(N(c3ccccc3)c3cccc(-c4ccccc4)c3)ccc2N(c2ccccc2)c2cc3c4ccccc4c4ccccc4c3cc21. The van der Waals surface area contributed by atoms with Crippen LogP contribution in [0.25, 0.3) is 43.4 Å². The lowest BCUT2D eigenvalue weighted by Gasteiger charge is -2.43. The van der Waals surface area contributed by atoms with Gasteiger partial charge in [0.1, 0.15) is 0 Å². The average Bonchev–Trinajstić information content (AvgIpc) is 3.22. The summed E-state index contributed by atoms with van der Waals surface area (Å²) in [5.41, 5.74) is 11.6. The lowest BCUT2D eigenvalue weighted by atomic mass is 9.72. The number of hydrogen-bond acceptors (Lipinski definition) is 2. The van der Waals surface area contributed by atoms with Gasteiger partial charge in [-0.25, -0.2) is 0 Å². The normalized spacial score (nSPS) is 13.2. The van der Waals surface area contributed by atoms with E-state index in [-0.39, 0.29) is 5.41 Å². The van der Waals surface area contributed by atoms with E-state index in [0.29, 0.717) is 0 Å². The topological polar surface area (TPSA) is 6.48 Å². The highest BCUT2D eigenvalue weighted by Crippen LogP contribution is 2.55. The third kappa shape index (κ3) is 5.02. The molecule has 9 aromatic carbocycles. The van der Waals surface area contributed by atoms with Crippen molar-refractivity contribution in [3.8, 4) is 11.1 Å². The summed E-state index contributed by atoms with van der Waals surface area (Å²) in [6.07, 6.45) is 0. The first-order valence-electron chi connectivity index (χ1n) is 18.4. The molecule has 1 aliphatic heterocycles. The molecule has 1 heterocycles. The van der Waals surface area contributed by atoms with Crippen molar-refractivity contribution in [3.05, 3.63) is 205 Å². The van der Waals surface area contributed by atoms with Crippen LogP contribution in [0.4, 0.5) is 34.1 Å². The summed E-state index contributed by atoms with van der Waals surface area (Å²) in [5, 5.41) is 7.74. The van der Waals surface area contributed by atoms with Crippen LogP contribution in [0.1, 0.15) is 25.0 Å². The summed E-state index contributed by atoms with van der Waals surface area (Å²) in [7, 11) is 0. The molecule has 0 radical (unpaired) electrons. The van der Waals surface area contributed by atoms with Crippen LogP contribution < -0.4 is 9.80 Å². The van der Waals surface area contributed by atoms with Crippen molar-refractivity contribution in [2.45, 2.75) is 19.3 Å². The van der Waals surface area contributed by atoms with Crippen molar-refractivity contribution in [1.29, 1.82) is 0 Å². The van der Waals surface area contributed by atoms with Gasteiger partial charge in [-0.1, -0.05) is 141 Å². The Kier molecular flexibility index (Phi) is 7.19. The van der Waals surface area contributed by atoms with Crippen molar-refractivity contribution in [1.82, 2.24) is 0 Å². The molecule has 0 bridgehead atoms. The monoisotopic (exact) mass is 678 g/mol. The van der Waals surface area contributed by atoms with Gasteiger partial charge >= 0.3 is 0 Å². The molecule has 2 nitrogen and oxygen atoms in total. The molecule has 1 aliphatic rings. The lowest BCUT2D eigenvalue weighted by Crippen LogP contribution is -2.31. The van der Waals surface area contributed by atoms with Gasteiger partial charge in [0.2, 0.25) is 0 Å². The average molecular weight is 679 g/mol. The quantitative estimate of drug-likeness (QED) is 0.167. The minimum absolute atomic E-state index is 0.304. The molecule has 10 rings (SSSR count). The maximum absolute atomic E-state index is 2.49. The number of fused-ring (bicyclic) bond motifs is 8. The molecule has 0 spiro atoms. The smallest absolute Gasteiger partial charge is 0.0509 e. The fourth-order valence-corrected chi connectivity index (χ4v) is 8.59. The second kappa shape index (κ2) is 12.3. The fourth-order valence-electron chi connectivity index (χ4n) is 8.59. The molecule has 0 amide bonds. The number of para-hydroxylation sites is 2. The number of benzene rings is 9. The molecule has 53 heavy (non-hydrogen) atoms. The van der Waals surface area contributed by atoms with Crippen LogP contribution in [0.5, 0.6) is 0 Å². The van der Waals surface area contributed by atoms with Crippen LogP contribution in [0.2, 0.25) is 0 Å². The summed E-state index contributed by atoms with van der Waals surface area (Å²) in [6.45, 7) is 4.80. The summed E-state index contributed by atoms with van der Waals surface area (Å²) < 4.78 is 0. The first-order valence-corrected chi connectivity index (χ1v) is 18.4. The number of nitrogens with zero attached hydrogens (tertiary/aromatic N) is 2. The molecule has 0 aromatic heterocycles. The number of rotatable bonds is 5. The molecule has 0 aliphatic carbocycles. The van der Waals surface area contributed by atoms with Crippen molar-refractivity contribution in [3.63, 3.8) is 0 Å². The van der Waals surface area contributed by atoms with Crippen molar-refractivity contribution >= 4 is 66.4 Å². The lowest BCUT2D eigenvalue weighted by molar-refractivity contribution is 0.633. The van der Waals surface area contributed by atoms with Crippen LogP contribution in [-0.2, 0) is 5.41 Å². The first-order chi connectivity index (χ1) is 26.1. The zero-order valence-corrected chi connectivity index (χ0v) is 29.9. The van der Waals surface area contributed by atoms with E-state index in [1.165, 1.54) is 65.9 Å². The van der Waals surface area contributed by atoms with Crippen LogP contribution in [0.3, 0.4) is 0 Å². The third-order valence-corrected chi connectivity index (χ3v) is 11.2. The van der Waals surface area contributed by atoms with Crippen molar-refractivity contribution < 1.29 is 0 Å². The van der Waals surface area contributed by atoms with Crippen LogP contribution in [0.15, 0.2) is 194 Å². The predicted molar refractivity (Wildman–Crippen MR) is 226 cm³/mol. The van der Waals surface area contributed by atoms with E-state index < -0.39 is 0 Å². The maximum atomic E-state index is 2.49. The van der Waals surface area contributed by atoms with Crippen LogP contribution >= 0.6 is 0 Å². The predicted octanol–water partition coefficient (Wildman–Crippen LogP) is 14.4. The van der Waals surface area contributed by atoms with Crippen molar-refractivity contribution in [2.75, 3.05) is 9.80 Å². The second-order valence-corrected chi connectivity index (χ2v) is 14.6. The highest BCUT2D eigenvalue weighted by molar-refractivity contribution is 6.26. The van der Waals surface area contributed by atoms with E-state index >= 15 is 0 Å². The molecule has 0 atom stereocenters. The van der Waals surface area contributed by atoms with Gasteiger partial charge < -0.3 is 9.80 Å². The van der Waals surface area contributed by atoms with Gasteiger partial charge in [0.25, 0.3) is 0 Å². The first kappa shape index (κ1) is 31.1. The number of hydrogen-bond donors (Lipinski definition) is 0. The molecule has 9 aromatic rings. The molecule has 0 unspecified atom stereocenters. The molecular weight excluding hydrogens is 641 g/mol. The van der Waals surface area contributed by atoms with Gasteiger partial charge in [0.15, 0.2) is 0 Å². The highest BCUT2D eigenvalue weighted by atomic mass is 15.2. The zero-order chi connectivity index (χ0) is 35.5. The Balaban J connectivity index is 1.22. The zero-order valence-electron chi connectivity index (χ0n) is 29.9. The van der Waals surface area contributed by atoms with Gasteiger partial charge in [-0.2, -0.15) is 0 Å². The minimum Gasteiger partial charge on any atom is -0.310 e. The van der Waals surface area contributed by atoms with Gasteiger partial charge in [0.05, 0.1) is 11.4 Å². The minimum atomic E-state index is -0.304. The van der Waals surface area contributed by atoms with E-state index in [4.69, 9.17) is 0 Å². The second-order valence-electron chi connectivity index (χ2n) is 14.6. The van der Waals surface area contributed by atoms with Gasteiger partial charge in [0, 0.05) is 28.2 Å². The Morgan fingerprint density at radius 3 is 1.51 bits per heavy atom. The summed E-state index contributed by atoms with van der Waals surface area (Å²) in [6, 6.07) is 70.9. The van der Waals surface area contributed by atoms with E-state index in [2.05, 4.69) is 218 Å². The van der Waals surface area contributed by atoms with E-state index in [1.54, 1.807) is 0 Å². The molecule has 0 fully saturated rings. The highest BCUT2D eigenvalue weighted by Gasteiger charge is 2.38. The largest absolute Gasteiger partial charge is 0.310 e. The Bertz CT molecular complexity index is 2800. The van der Waals surface area contributed by atoms with Gasteiger partial charge in [-0.05, 0) is 121 Å². The van der Waals surface area contributed by atoms with Crippen LogP contribution in [-0.4, -0.2) is 0 Å². The Morgan fingerprint density at radius 2 is 0.849 bits per heavy atom. The van der Waals surface area contributed by atoms with Crippen molar-refractivity contribution in [2.24, 2.45) is 0 Å². The third-order valence-electron chi connectivity index (χ3n) is 11.2. The molecule has 0 N–H and O–H groups in total. The Labute approximate surface area is 310 Å². The fraction of sp³-hybridized carbons (Fsp3) is 0.0588. The van der Waals surface area contributed by atoms with E-state index in [1.807, 2.05) is 0 Å². The van der Waals surface area contributed by atoms with Crippen LogP contribution in [0, 0.1) is 0 Å². The molecule has 0 saturated carbocycles. The summed E-state index contributed by atoms with van der Waals surface area (Å²) in [5.74, 6) is 0. The Hall–Kier alpha value is -6.64. The van der Waals surface area contributed by atoms with Gasteiger partial charge in [-0.15, -0.1) is 0 Å². The number of anilines is 6. The maximum Gasteiger partial charge on any atom is 0.0509 e.